The summed E-state index contributed by atoms with van der Waals surface area (Å²) in [5.74, 6) is -17.2. The molecule has 22 heteroatoms. The van der Waals surface area contributed by atoms with E-state index in [1.54, 1.807) is 0 Å². The zero-order valence-electron chi connectivity index (χ0n) is 27.2. The van der Waals surface area contributed by atoms with Crippen LogP contribution in [0.5, 0.6) is 57.5 Å². The standard InChI is InChI=1S/C34H22O22/c35-6-1-4-9(19(39)17(6)37)11-15-13-14-16(33(50)56-28(13)23(43)21(11)41)12(22(42)24(44)29(14)55-32(15)49)10-5(2-7(36)18(38)20(10)40)31(48)54-27-8(3-52-30(4)47)53-34(51)26(46)25(27)45/h1-2,8,25-27,34-46,51H,3H2/t8-,25-,26-,27-,34?/m1/s1. The number of esters is 2. The molecule has 56 heavy (non-hydrogen) atoms. The SMILES string of the molecule is O=C1OC[C@H]2OC(O)[C@H](O)[C@@H](O)[C@@H]2OC(=O)c2cc(O)c(O)c(O)c2-c2c(O)c(O)c3oc(=O)c4c(c(O)c(O)c5oc(=O)c2c3c54)-c2c1cc(O)c(O)c2O. The maximum atomic E-state index is 14.0. The highest BCUT2D eigenvalue weighted by molar-refractivity contribution is 6.29. The van der Waals surface area contributed by atoms with Gasteiger partial charge in [-0.2, -0.15) is 0 Å². The van der Waals surface area contributed by atoms with E-state index in [1.807, 2.05) is 0 Å². The van der Waals surface area contributed by atoms with E-state index in [0.29, 0.717) is 12.1 Å². The second-order valence-electron chi connectivity index (χ2n) is 12.6. The Balaban J connectivity index is 1.62. The van der Waals surface area contributed by atoms with Gasteiger partial charge in [-0.1, -0.05) is 0 Å². The lowest BCUT2D eigenvalue weighted by molar-refractivity contribution is -0.285. The Hall–Kier alpha value is -7.40. The molecule has 0 amide bonds. The van der Waals surface area contributed by atoms with Crippen molar-refractivity contribution in [2.75, 3.05) is 6.61 Å². The van der Waals surface area contributed by atoms with Crippen molar-refractivity contribution in [3.63, 3.8) is 0 Å². The highest BCUT2D eigenvalue weighted by atomic mass is 16.7. The lowest BCUT2D eigenvalue weighted by atomic mass is 9.88. The number of hydrogen-bond donors (Lipinski definition) is 13. The van der Waals surface area contributed by atoms with Crippen LogP contribution in [0.3, 0.4) is 0 Å². The number of benzene rings is 4. The lowest BCUT2D eigenvalue weighted by Gasteiger charge is -2.40. The van der Waals surface area contributed by atoms with Gasteiger partial charge >= 0.3 is 23.2 Å². The second-order valence-corrected chi connectivity index (χ2v) is 12.6. The van der Waals surface area contributed by atoms with Gasteiger partial charge < -0.3 is 89.4 Å². The first kappa shape index (κ1) is 35.6. The summed E-state index contributed by atoms with van der Waals surface area (Å²) in [6.07, 6.45) is -10.9. The van der Waals surface area contributed by atoms with Crippen LogP contribution in [0.1, 0.15) is 20.7 Å². The Labute approximate surface area is 304 Å². The number of carbonyl (C=O) groups excluding carboxylic acids is 2. The van der Waals surface area contributed by atoms with Gasteiger partial charge in [-0.05, 0) is 12.1 Å². The first-order chi connectivity index (χ1) is 26.4. The second kappa shape index (κ2) is 11.8. The van der Waals surface area contributed by atoms with Gasteiger partial charge in [0.25, 0.3) is 0 Å². The molecule has 8 rings (SSSR count). The van der Waals surface area contributed by atoms with Crippen molar-refractivity contribution in [1.82, 2.24) is 0 Å². The van der Waals surface area contributed by atoms with Gasteiger partial charge in [0.05, 0.1) is 21.9 Å². The van der Waals surface area contributed by atoms with Crippen LogP contribution in [-0.4, -0.2) is 116 Å². The maximum absolute atomic E-state index is 14.0. The van der Waals surface area contributed by atoms with Crippen molar-refractivity contribution in [2.45, 2.75) is 30.7 Å². The first-order valence-electron chi connectivity index (χ1n) is 15.7. The summed E-state index contributed by atoms with van der Waals surface area (Å²) < 4.78 is 26.3. The van der Waals surface area contributed by atoms with E-state index < -0.39 is 184 Å². The van der Waals surface area contributed by atoms with Crippen LogP contribution in [0, 0.1) is 0 Å². The highest BCUT2D eigenvalue weighted by Gasteiger charge is 2.48. The summed E-state index contributed by atoms with van der Waals surface area (Å²) in [7, 11) is 0. The normalized spacial score (nSPS) is 21.3. The molecule has 6 aromatic rings. The number of phenolic OH excluding ortho intramolecular Hbond substituents is 10. The molecule has 13 N–H and O–H groups in total. The number of aliphatic hydroxyl groups is 3. The Morgan fingerprint density at radius 3 is 1.39 bits per heavy atom. The Kier molecular flexibility index (Phi) is 7.50. The van der Waals surface area contributed by atoms with Gasteiger partial charge in [0.15, 0.2) is 58.1 Å². The molecule has 22 nitrogen and oxygen atoms in total. The molecule has 1 unspecified atom stereocenters. The fourth-order valence-electron chi connectivity index (χ4n) is 7.00. The van der Waals surface area contributed by atoms with E-state index in [1.165, 1.54) is 0 Å². The number of ether oxygens (including phenoxy) is 3. The molecule has 4 heterocycles. The van der Waals surface area contributed by atoms with Gasteiger partial charge in [-0.25, -0.2) is 19.2 Å². The summed E-state index contributed by atoms with van der Waals surface area (Å²) in [5.41, 5.74) is -11.8. The van der Waals surface area contributed by atoms with Crippen LogP contribution in [0.4, 0.5) is 0 Å². The molecule has 1 saturated heterocycles. The zero-order valence-corrected chi connectivity index (χ0v) is 27.2. The first-order valence-corrected chi connectivity index (χ1v) is 15.7. The van der Waals surface area contributed by atoms with Crippen molar-refractivity contribution in [2.24, 2.45) is 0 Å². The molecule has 2 aliphatic heterocycles. The average molecular weight is 783 g/mol. The number of fused-ring (bicyclic) bond motifs is 5. The molecule has 1 fully saturated rings. The Morgan fingerprint density at radius 2 is 0.929 bits per heavy atom. The third kappa shape index (κ3) is 4.57. The number of rotatable bonds is 0. The van der Waals surface area contributed by atoms with Crippen molar-refractivity contribution in [3.05, 3.63) is 44.1 Å². The quantitative estimate of drug-likeness (QED) is 0.0418. The summed E-state index contributed by atoms with van der Waals surface area (Å²) in [6, 6.07) is 0.887. The van der Waals surface area contributed by atoms with E-state index in [2.05, 4.69) is 0 Å². The van der Waals surface area contributed by atoms with Crippen LogP contribution in [-0.2, 0) is 14.2 Å². The predicted molar refractivity (Wildman–Crippen MR) is 177 cm³/mol. The molecule has 2 aliphatic rings. The van der Waals surface area contributed by atoms with E-state index in [9.17, 15) is 85.6 Å². The van der Waals surface area contributed by atoms with E-state index in [-0.39, 0.29) is 0 Å². The van der Waals surface area contributed by atoms with Gasteiger partial charge in [0.1, 0.15) is 24.9 Å². The minimum Gasteiger partial charge on any atom is -0.504 e. The van der Waals surface area contributed by atoms with Gasteiger partial charge in [-0.15, -0.1) is 0 Å². The summed E-state index contributed by atoms with van der Waals surface area (Å²) >= 11 is 0. The lowest BCUT2D eigenvalue weighted by Crippen LogP contribution is -2.60. The zero-order chi connectivity index (χ0) is 40.6. The summed E-state index contributed by atoms with van der Waals surface area (Å²) in [6.45, 7) is -1.15. The molecule has 290 valence electrons. The van der Waals surface area contributed by atoms with Gasteiger partial charge in [0, 0.05) is 33.0 Å². The number of phenols is 10. The number of hydrogen-bond acceptors (Lipinski definition) is 22. The largest absolute Gasteiger partial charge is 0.504 e. The van der Waals surface area contributed by atoms with Crippen molar-refractivity contribution in [3.8, 4) is 79.7 Å². The Morgan fingerprint density at radius 1 is 0.500 bits per heavy atom. The molecule has 0 spiro atoms. The van der Waals surface area contributed by atoms with E-state index in [4.69, 9.17) is 23.0 Å². The third-order valence-corrected chi connectivity index (χ3v) is 9.58. The van der Waals surface area contributed by atoms with Crippen LogP contribution in [0.15, 0.2) is 30.6 Å². The average Bonchev–Trinajstić information content (AvgIpc) is 3.15. The molecule has 0 aliphatic carbocycles. The van der Waals surface area contributed by atoms with Crippen molar-refractivity contribution >= 4 is 44.6 Å². The highest BCUT2D eigenvalue weighted by Crippen LogP contribution is 2.58. The summed E-state index contributed by atoms with van der Waals surface area (Å²) in [4.78, 5) is 55.4. The minimum absolute atomic E-state index is 0.424. The van der Waals surface area contributed by atoms with Crippen molar-refractivity contribution < 1.29 is 99.0 Å². The third-order valence-electron chi connectivity index (χ3n) is 9.58. The van der Waals surface area contributed by atoms with Crippen LogP contribution in [0.25, 0.3) is 55.0 Å². The molecule has 2 aromatic heterocycles. The fraction of sp³-hybridized carbons (Fsp3) is 0.176. The monoisotopic (exact) mass is 782 g/mol. The van der Waals surface area contributed by atoms with E-state index in [0.717, 1.165) is 0 Å². The Bertz CT molecular complexity index is 2870. The van der Waals surface area contributed by atoms with Crippen LogP contribution in [0.2, 0.25) is 0 Å². The van der Waals surface area contributed by atoms with Gasteiger partial charge in [-0.3, -0.25) is 0 Å². The minimum atomic E-state index is -2.28. The topological polar surface area (TPSA) is 385 Å². The van der Waals surface area contributed by atoms with Crippen LogP contribution >= 0.6 is 0 Å². The smallest absolute Gasteiger partial charge is 0.345 e. The molecule has 6 bridgehead atoms. The van der Waals surface area contributed by atoms with E-state index >= 15 is 0 Å². The molecule has 5 atom stereocenters. The summed E-state index contributed by atoms with van der Waals surface area (Å²) in [5, 5.41) is 137. The van der Waals surface area contributed by atoms with Crippen molar-refractivity contribution in [1.29, 1.82) is 0 Å². The number of cyclic esters (lactones) is 1. The molecular formula is C34H22O22. The number of aromatic hydroxyl groups is 10. The van der Waals surface area contributed by atoms with Crippen LogP contribution < -0.4 is 11.3 Å². The molecular weight excluding hydrogens is 760 g/mol. The number of carbonyl (C=O) groups is 2. The predicted octanol–water partition coefficient (Wildman–Crippen LogP) is 0.0152. The van der Waals surface area contributed by atoms with Gasteiger partial charge in [0.2, 0.25) is 23.0 Å². The molecule has 4 aromatic carbocycles. The molecule has 0 radical (unpaired) electrons. The molecule has 0 saturated carbocycles. The maximum Gasteiger partial charge on any atom is 0.345 e. The number of aliphatic hydroxyl groups excluding tert-OH is 3. The fourth-order valence-corrected chi connectivity index (χ4v) is 7.00.